The van der Waals surface area contributed by atoms with Crippen LogP contribution in [0.4, 0.5) is 5.69 Å². The number of rotatable bonds is 3. The van der Waals surface area contributed by atoms with E-state index in [0.717, 1.165) is 50.5 Å². The smallest absolute Gasteiger partial charge is 0.193 e. The number of anilines is 1. The lowest BCUT2D eigenvalue weighted by Crippen LogP contribution is -2.48. The first-order valence-electron chi connectivity index (χ1n) is 9.10. The standard InChI is InChI=1S/C20H30N4/c1-16-12-17(2)15-24(14-16)20(21-3)22-13-18-6-8-19(9-7-18)23-10-4-5-11-23/h4-9,16-17H,10-15H2,1-3H3,(H,21,22). The molecular weight excluding hydrogens is 296 g/mol. The Morgan fingerprint density at radius 1 is 1.08 bits per heavy atom. The van der Waals surface area contributed by atoms with Crippen LogP contribution >= 0.6 is 0 Å². The first kappa shape index (κ1) is 16.9. The number of nitrogens with zero attached hydrogens (tertiary/aromatic N) is 3. The first-order valence-corrected chi connectivity index (χ1v) is 9.10. The van der Waals surface area contributed by atoms with E-state index in [1.54, 1.807) is 0 Å². The van der Waals surface area contributed by atoms with E-state index >= 15 is 0 Å². The van der Waals surface area contributed by atoms with Crippen molar-refractivity contribution in [2.24, 2.45) is 16.8 Å². The Bertz CT molecular complexity index is 572. The van der Waals surface area contributed by atoms with Gasteiger partial charge >= 0.3 is 0 Å². The Kier molecular flexibility index (Phi) is 5.44. The third-order valence-electron chi connectivity index (χ3n) is 4.95. The fourth-order valence-corrected chi connectivity index (χ4v) is 3.86. The molecule has 4 nitrogen and oxygen atoms in total. The third kappa shape index (κ3) is 4.11. The molecule has 24 heavy (non-hydrogen) atoms. The van der Waals surface area contributed by atoms with Crippen molar-refractivity contribution in [3.05, 3.63) is 42.0 Å². The van der Waals surface area contributed by atoms with Crippen LogP contribution in [0, 0.1) is 11.8 Å². The summed E-state index contributed by atoms with van der Waals surface area (Å²) in [6.07, 6.45) is 5.76. The number of benzene rings is 1. The number of piperidine rings is 1. The number of hydrogen-bond donors (Lipinski definition) is 1. The van der Waals surface area contributed by atoms with Crippen molar-refractivity contribution < 1.29 is 0 Å². The first-order chi connectivity index (χ1) is 11.7. The summed E-state index contributed by atoms with van der Waals surface area (Å²) < 4.78 is 0. The highest BCUT2D eigenvalue weighted by molar-refractivity contribution is 5.80. The maximum atomic E-state index is 4.49. The molecule has 1 saturated heterocycles. The molecule has 1 fully saturated rings. The van der Waals surface area contributed by atoms with Crippen LogP contribution in [-0.4, -0.2) is 44.1 Å². The van der Waals surface area contributed by atoms with Crippen LogP contribution in [0.3, 0.4) is 0 Å². The zero-order valence-corrected chi connectivity index (χ0v) is 15.2. The van der Waals surface area contributed by atoms with Gasteiger partial charge in [0.05, 0.1) is 0 Å². The molecule has 0 bridgehead atoms. The molecule has 0 aliphatic carbocycles. The number of aliphatic imine (C=N–C) groups is 1. The van der Waals surface area contributed by atoms with E-state index in [-0.39, 0.29) is 0 Å². The Labute approximate surface area is 146 Å². The van der Waals surface area contributed by atoms with Crippen molar-refractivity contribution in [1.82, 2.24) is 10.2 Å². The van der Waals surface area contributed by atoms with Gasteiger partial charge in [-0.15, -0.1) is 0 Å². The molecule has 0 amide bonds. The number of hydrogen-bond acceptors (Lipinski definition) is 2. The second-order valence-electron chi connectivity index (χ2n) is 7.29. The van der Waals surface area contributed by atoms with Gasteiger partial charge in [0.15, 0.2) is 5.96 Å². The van der Waals surface area contributed by atoms with Gasteiger partial charge in [-0.1, -0.05) is 38.1 Å². The molecule has 130 valence electrons. The predicted molar refractivity (Wildman–Crippen MR) is 103 cm³/mol. The van der Waals surface area contributed by atoms with Crippen LogP contribution in [0.15, 0.2) is 41.4 Å². The van der Waals surface area contributed by atoms with E-state index in [0.29, 0.717) is 0 Å². The van der Waals surface area contributed by atoms with Crippen molar-refractivity contribution >= 4 is 11.6 Å². The van der Waals surface area contributed by atoms with Gasteiger partial charge in [-0.25, -0.2) is 0 Å². The molecule has 1 aromatic rings. The van der Waals surface area contributed by atoms with Gasteiger partial charge < -0.3 is 15.1 Å². The Morgan fingerprint density at radius 3 is 2.29 bits per heavy atom. The summed E-state index contributed by atoms with van der Waals surface area (Å²) in [5, 5.41) is 3.54. The average molecular weight is 326 g/mol. The van der Waals surface area contributed by atoms with Crippen LogP contribution in [0.5, 0.6) is 0 Å². The van der Waals surface area contributed by atoms with Crippen molar-refractivity contribution in [3.8, 4) is 0 Å². The van der Waals surface area contributed by atoms with E-state index in [9.17, 15) is 0 Å². The normalized spacial score (nSPS) is 24.5. The summed E-state index contributed by atoms with van der Waals surface area (Å²) in [5.74, 6) is 2.50. The van der Waals surface area contributed by atoms with Gasteiger partial charge in [0.25, 0.3) is 0 Å². The molecule has 4 heteroatoms. The van der Waals surface area contributed by atoms with Crippen molar-refractivity contribution in [1.29, 1.82) is 0 Å². The zero-order valence-electron chi connectivity index (χ0n) is 15.2. The second kappa shape index (κ2) is 7.73. The Hall–Kier alpha value is -1.97. The molecule has 0 aromatic heterocycles. The zero-order chi connectivity index (χ0) is 16.9. The van der Waals surface area contributed by atoms with Gasteiger partial charge in [0.1, 0.15) is 0 Å². The highest BCUT2D eigenvalue weighted by Crippen LogP contribution is 2.21. The molecule has 2 aliphatic rings. The summed E-state index contributed by atoms with van der Waals surface area (Å²) in [6.45, 7) is 9.75. The molecule has 0 spiro atoms. The third-order valence-corrected chi connectivity index (χ3v) is 4.95. The van der Waals surface area contributed by atoms with Crippen LogP contribution in [0.1, 0.15) is 25.8 Å². The Balaban J connectivity index is 1.55. The summed E-state index contributed by atoms with van der Waals surface area (Å²) >= 11 is 0. The molecule has 3 rings (SSSR count). The topological polar surface area (TPSA) is 30.9 Å². The van der Waals surface area contributed by atoms with Crippen molar-refractivity contribution in [2.45, 2.75) is 26.8 Å². The van der Waals surface area contributed by atoms with Crippen molar-refractivity contribution in [3.63, 3.8) is 0 Å². The van der Waals surface area contributed by atoms with Gasteiger partial charge in [-0.05, 0) is 36.0 Å². The molecular formula is C20H30N4. The van der Waals surface area contributed by atoms with E-state index in [1.807, 2.05) is 7.05 Å². The lowest BCUT2D eigenvalue weighted by Gasteiger charge is -2.37. The minimum Gasteiger partial charge on any atom is -0.364 e. The summed E-state index contributed by atoms with van der Waals surface area (Å²) in [6, 6.07) is 8.88. The second-order valence-corrected chi connectivity index (χ2v) is 7.29. The molecule has 2 aliphatic heterocycles. The lowest BCUT2D eigenvalue weighted by atomic mass is 9.92. The molecule has 2 atom stereocenters. The van der Waals surface area contributed by atoms with Crippen LogP contribution < -0.4 is 10.2 Å². The molecule has 2 unspecified atom stereocenters. The lowest BCUT2D eigenvalue weighted by molar-refractivity contribution is 0.208. The minimum absolute atomic E-state index is 0.737. The van der Waals surface area contributed by atoms with Crippen molar-refractivity contribution in [2.75, 3.05) is 38.1 Å². The molecule has 1 N–H and O–H groups in total. The number of likely N-dealkylation sites (tertiary alicyclic amines) is 1. The van der Waals surface area contributed by atoms with E-state index in [1.165, 1.54) is 17.7 Å². The monoisotopic (exact) mass is 326 g/mol. The van der Waals surface area contributed by atoms with Gasteiger partial charge in [-0.3, -0.25) is 4.99 Å². The maximum Gasteiger partial charge on any atom is 0.193 e. The highest BCUT2D eigenvalue weighted by atomic mass is 15.3. The minimum atomic E-state index is 0.737. The van der Waals surface area contributed by atoms with E-state index < -0.39 is 0 Å². The Morgan fingerprint density at radius 2 is 1.71 bits per heavy atom. The van der Waals surface area contributed by atoms with Crippen LogP contribution in [0.2, 0.25) is 0 Å². The molecule has 1 aromatic carbocycles. The quantitative estimate of drug-likeness (QED) is 0.526. The van der Waals surface area contributed by atoms with Gasteiger partial charge in [-0.2, -0.15) is 0 Å². The average Bonchev–Trinajstić information content (AvgIpc) is 3.09. The summed E-state index contributed by atoms with van der Waals surface area (Å²) in [5.41, 5.74) is 2.59. The fraction of sp³-hybridized carbons (Fsp3) is 0.550. The van der Waals surface area contributed by atoms with Crippen LogP contribution in [-0.2, 0) is 6.54 Å². The fourth-order valence-electron chi connectivity index (χ4n) is 3.86. The van der Waals surface area contributed by atoms with Gasteiger partial charge in [0, 0.05) is 45.5 Å². The van der Waals surface area contributed by atoms with E-state index in [4.69, 9.17) is 0 Å². The number of guanidine groups is 1. The maximum absolute atomic E-state index is 4.49. The van der Waals surface area contributed by atoms with E-state index in [2.05, 4.69) is 70.4 Å². The highest BCUT2D eigenvalue weighted by Gasteiger charge is 2.23. The molecule has 0 radical (unpaired) electrons. The number of nitrogens with one attached hydrogen (secondary N) is 1. The van der Waals surface area contributed by atoms with Gasteiger partial charge in [0.2, 0.25) is 0 Å². The molecule has 2 heterocycles. The SMILES string of the molecule is CN=C(NCc1ccc(N2CC=CC2)cc1)N1CC(C)CC(C)C1. The largest absolute Gasteiger partial charge is 0.364 e. The summed E-state index contributed by atoms with van der Waals surface area (Å²) in [4.78, 5) is 9.26. The predicted octanol–water partition coefficient (Wildman–Crippen LogP) is 3.12. The van der Waals surface area contributed by atoms with Crippen LogP contribution in [0.25, 0.3) is 0 Å². The molecule has 0 saturated carbocycles. The summed E-state index contributed by atoms with van der Waals surface area (Å²) in [7, 11) is 1.88.